The first kappa shape index (κ1) is 30.0. The van der Waals surface area contributed by atoms with E-state index in [0.717, 1.165) is 0 Å². The molecule has 0 spiro atoms. The van der Waals surface area contributed by atoms with Crippen molar-refractivity contribution in [1.29, 1.82) is 0 Å². The van der Waals surface area contributed by atoms with Gasteiger partial charge in [-0.05, 0) is 48.6 Å². The number of unbranched alkanes of at least 4 members (excludes halogenated alkanes) is 18. The van der Waals surface area contributed by atoms with Crippen LogP contribution in [0.15, 0.2) is 28.0 Å². The first-order chi connectivity index (χ1) is 15.9. The fourth-order valence-electron chi connectivity index (χ4n) is 4.16. The first-order valence-corrected chi connectivity index (χ1v) is 16.1. The smallest absolute Gasteiger partial charge is 0.00892 e. The van der Waals surface area contributed by atoms with E-state index in [1.165, 1.54) is 150 Å². The minimum absolute atomic E-state index is 1.26. The minimum atomic E-state index is 1.26. The molecule has 0 unspecified atom stereocenters. The van der Waals surface area contributed by atoms with Crippen LogP contribution in [0.3, 0.4) is 0 Å². The highest BCUT2D eigenvalue weighted by molar-refractivity contribution is 8.00. The van der Waals surface area contributed by atoms with E-state index in [2.05, 4.69) is 38.1 Å². The zero-order chi connectivity index (χ0) is 23.0. The highest BCUT2D eigenvalue weighted by Gasteiger charge is 2.00. The molecule has 0 nitrogen and oxygen atoms in total. The second-order valence-corrected chi connectivity index (χ2v) is 11.8. The maximum atomic E-state index is 3.37. The fourth-order valence-corrected chi connectivity index (χ4v) is 6.12. The van der Waals surface area contributed by atoms with E-state index in [-0.39, 0.29) is 0 Å². The summed E-state index contributed by atoms with van der Waals surface area (Å²) < 4.78 is 0. The van der Waals surface area contributed by atoms with E-state index in [4.69, 9.17) is 0 Å². The Hall–Kier alpha value is -0.0800. The molecule has 1 aromatic rings. The average Bonchev–Trinajstić information content (AvgIpc) is 2.81. The predicted molar refractivity (Wildman–Crippen MR) is 150 cm³/mol. The van der Waals surface area contributed by atoms with Gasteiger partial charge in [-0.2, -0.15) is 0 Å². The van der Waals surface area contributed by atoms with Gasteiger partial charge >= 0.3 is 0 Å². The van der Waals surface area contributed by atoms with Crippen LogP contribution in [0.4, 0.5) is 0 Å². The number of thioether (sulfide) groups is 2. The Labute approximate surface area is 210 Å². The largest absolute Gasteiger partial charge is 0.126 e. The fraction of sp³-hybridized carbons (Fsp3) is 0.800. The summed E-state index contributed by atoms with van der Waals surface area (Å²) in [7, 11) is 0. The second kappa shape index (κ2) is 24.1. The standard InChI is InChI=1S/C30H53S2/c1-3-5-7-9-11-13-15-17-19-21-26-31-29-24-23-25-30(28-29)32-27-22-20-18-16-14-12-10-8-6-4-2/h24-25,28H,3-22,26-27H2,1-2H3. The lowest BCUT2D eigenvalue weighted by Crippen LogP contribution is -1.85. The first-order valence-electron chi connectivity index (χ1n) is 14.1. The molecule has 0 atom stereocenters. The van der Waals surface area contributed by atoms with E-state index < -0.39 is 0 Å². The highest BCUT2D eigenvalue weighted by atomic mass is 32.2. The van der Waals surface area contributed by atoms with Crippen LogP contribution in [0.2, 0.25) is 0 Å². The molecule has 0 N–H and O–H groups in total. The van der Waals surface area contributed by atoms with E-state index in [1.54, 1.807) is 0 Å². The molecular formula is C30H53S2. The third-order valence-electron chi connectivity index (χ3n) is 6.27. The molecule has 0 aliphatic carbocycles. The van der Waals surface area contributed by atoms with Gasteiger partial charge in [0.25, 0.3) is 0 Å². The third kappa shape index (κ3) is 19.4. The number of hydrogen-bond donors (Lipinski definition) is 0. The van der Waals surface area contributed by atoms with Gasteiger partial charge in [-0.25, -0.2) is 0 Å². The zero-order valence-electron chi connectivity index (χ0n) is 21.6. The van der Waals surface area contributed by atoms with Gasteiger partial charge in [-0.15, -0.1) is 23.5 Å². The lowest BCUT2D eigenvalue weighted by Gasteiger charge is -2.06. The van der Waals surface area contributed by atoms with Crippen LogP contribution in [0, 0.1) is 6.07 Å². The quantitative estimate of drug-likeness (QED) is 0.107. The van der Waals surface area contributed by atoms with Crippen LogP contribution in [0.25, 0.3) is 0 Å². The van der Waals surface area contributed by atoms with Crippen molar-refractivity contribution in [3.8, 4) is 0 Å². The monoisotopic (exact) mass is 477 g/mol. The molecule has 0 heterocycles. The second-order valence-electron chi connectivity index (χ2n) is 9.47. The van der Waals surface area contributed by atoms with Gasteiger partial charge in [-0.3, -0.25) is 0 Å². The van der Waals surface area contributed by atoms with Crippen LogP contribution >= 0.6 is 23.5 Å². The zero-order valence-corrected chi connectivity index (χ0v) is 23.2. The molecule has 2 heteroatoms. The Bertz CT molecular complexity index is 458. The maximum absolute atomic E-state index is 3.37. The van der Waals surface area contributed by atoms with E-state index in [1.807, 2.05) is 23.5 Å². The van der Waals surface area contributed by atoms with Gasteiger partial charge < -0.3 is 0 Å². The molecular weight excluding hydrogens is 424 g/mol. The van der Waals surface area contributed by atoms with Crippen molar-refractivity contribution in [3.05, 3.63) is 24.3 Å². The van der Waals surface area contributed by atoms with Gasteiger partial charge in [0.15, 0.2) is 0 Å². The third-order valence-corrected chi connectivity index (χ3v) is 8.39. The number of rotatable bonds is 24. The number of benzene rings is 1. The normalized spacial score (nSPS) is 11.3. The molecule has 185 valence electrons. The van der Waals surface area contributed by atoms with E-state index in [0.29, 0.717) is 0 Å². The Morgan fingerprint density at radius 2 is 0.781 bits per heavy atom. The van der Waals surface area contributed by atoms with Crippen molar-refractivity contribution in [2.75, 3.05) is 11.5 Å². The van der Waals surface area contributed by atoms with Crippen LogP contribution in [0.1, 0.15) is 142 Å². The molecule has 0 saturated carbocycles. The molecule has 1 aromatic carbocycles. The van der Waals surface area contributed by atoms with Crippen molar-refractivity contribution in [1.82, 2.24) is 0 Å². The lowest BCUT2D eigenvalue weighted by atomic mass is 10.1. The lowest BCUT2D eigenvalue weighted by molar-refractivity contribution is 0.563. The van der Waals surface area contributed by atoms with E-state index >= 15 is 0 Å². The molecule has 0 saturated heterocycles. The molecule has 1 radical (unpaired) electrons. The molecule has 0 amide bonds. The summed E-state index contributed by atoms with van der Waals surface area (Å²) in [5.41, 5.74) is 0. The molecule has 0 bridgehead atoms. The van der Waals surface area contributed by atoms with Crippen molar-refractivity contribution >= 4 is 23.5 Å². The molecule has 0 aliphatic heterocycles. The van der Waals surface area contributed by atoms with Crippen LogP contribution in [0.5, 0.6) is 0 Å². The SMILES string of the molecule is CCCCCCCCCCCCSc1c[c]cc(SCCCCCCCCCCCC)c1. The van der Waals surface area contributed by atoms with Crippen molar-refractivity contribution in [2.45, 2.75) is 152 Å². The van der Waals surface area contributed by atoms with Crippen molar-refractivity contribution in [3.63, 3.8) is 0 Å². The average molecular weight is 478 g/mol. The van der Waals surface area contributed by atoms with Gasteiger partial charge in [0.2, 0.25) is 0 Å². The van der Waals surface area contributed by atoms with Crippen LogP contribution in [-0.4, -0.2) is 11.5 Å². The topological polar surface area (TPSA) is 0 Å². The maximum Gasteiger partial charge on any atom is 0.00892 e. The predicted octanol–water partition coefficient (Wildman–Crippen LogP) is 11.5. The van der Waals surface area contributed by atoms with Gasteiger partial charge in [0.1, 0.15) is 0 Å². The summed E-state index contributed by atoms with van der Waals surface area (Å²) in [5.74, 6) is 2.52. The van der Waals surface area contributed by atoms with Gasteiger partial charge in [0, 0.05) is 9.79 Å². The Morgan fingerprint density at radius 1 is 0.469 bits per heavy atom. The Kier molecular flexibility index (Phi) is 22.5. The molecule has 0 fully saturated rings. The van der Waals surface area contributed by atoms with Gasteiger partial charge in [0.05, 0.1) is 0 Å². The van der Waals surface area contributed by atoms with E-state index in [9.17, 15) is 0 Å². The summed E-state index contributed by atoms with van der Waals surface area (Å²) in [5, 5.41) is 0. The highest BCUT2D eigenvalue weighted by Crippen LogP contribution is 2.27. The van der Waals surface area contributed by atoms with Gasteiger partial charge in [-0.1, -0.05) is 129 Å². The Balaban J connectivity index is 1.94. The molecule has 32 heavy (non-hydrogen) atoms. The van der Waals surface area contributed by atoms with Crippen molar-refractivity contribution in [2.24, 2.45) is 0 Å². The van der Waals surface area contributed by atoms with Crippen LogP contribution in [-0.2, 0) is 0 Å². The molecule has 0 aliphatic rings. The summed E-state index contributed by atoms with van der Waals surface area (Å²) in [6.45, 7) is 4.59. The molecule has 1 rings (SSSR count). The summed E-state index contributed by atoms with van der Waals surface area (Å²) in [6, 6.07) is 10.1. The summed E-state index contributed by atoms with van der Waals surface area (Å²) in [4.78, 5) is 2.82. The summed E-state index contributed by atoms with van der Waals surface area (Å²) in [6.07, 6.45) is 28.4. The molecule has 0 aromatic heterocycles. The van der Waals surface area contributed by atoms with Crippen LogP contribution < -0.4 is 0 Å². The summed E-state index contributed by atoms with van der Waals surface area (Å²) >= 11 is 4.05. The number of hydrogen-bond acceptors (Lipinski definition) is 2. The van der Waals surface area contributed by atoms with Crippen molar-refractivity contribution < 1.29 is 0 Å². The Morgan fingerprint density at radius 3 is 1.12 bits per heavy atom. The minimum Gasteiger partial charge on any atom is -0.126 e.